The van der Waals surface area contributed by atoms with Crippen LogP contribution in [0.5, 0.6) is 0 Å². The van der Waals surface area contributed by atoms with Crippen LogP contribution in [-0.4, -0.2) is 25.8 Å². The monoisotopic (exact) mass is 252 g/mol. The molecule has 0 aromatic heterocycles. The van der Waals surface area contributed by atoms with E-state index in [1.54, 1.807) is 11.8 Å². The second kappa shape index (κ2) is 8.14. The molecule has 0 heterocycles. The van der Waals surface area contributed by atoms with Gasteiger partial charge in [0.1, 0.15) is 0 Å². The lowest BCUT2D eigenvalue weighted by Crippen LogP contribution is -2.23. The maximum atomic E-state index is 11.5. The van der Waals surface area contributed by atoms with Gasteiger partial charge in [0, 0.05) is 17.9 Å². The highest BCUT2D eigenvalue weighted by Crippen LogP contribution is 2.14. The molecule has 0 saturated carbocycles. The second-order valence-electron chi connectivity index (χ2n) is 3.83. The normalized spacial score (nSPS) is 10.2. The second-order valence-corrected chi connectivity index (χ2v) is 4.71. The number of carbonyl (C=O) groups is 1. The van der Waals surface area contributed by atoms with E-state index in [0.717, 1.165) is 18.5 Å². The van der Waals surface area contributed by atoms with Crippen molar-refractivity contribution in [2.24, 2.45) is 0 Å². The number of nitrogens with one attached hydrogen (secondary N) is 2. The zero-order chi connectivity index (χ0) is 12.5. The molecule has 0 bridgehead atoms. The molecule has 2 N–H and O–H groups in total. The van der Waals surface area contributed by atoms with Crippen molar-refractivity contribution < 1.29 is 4.79 Å². The standard InChI is InChI=1S/C13H20N2OS/c1-14-9-3-4-13(16)15-10-11-5-7-12(17-2)8-6-11/h5-8,14H,3-4,9-10H2,1-2H3,(H,15,16). The lowest BCUT2D eigenvalue weighted by molar-refractivity contribution is -0.121. The maximum Gasteiger partial charge on any atom is 0.220 e. The van der Waals surface area contributed by atoms with Crippen LogP contribution in [-0.2, 0) is 11.3 Å². The Hall–Kier alpha value is -1.00. The van der Waals surface area contributed by atoms with Gasteiger partial charge in [0.05, 0.1) is 0 Å². The topological polar surface area (TPSA) is 41.1 Å². The molecule has 0 aliphatic carbocycles. The number of carbonyl (C=O) groups excluding carboxylic acids is 1. The van der Waals surface area contributed by atoms with E-state index in [1.165, 1.54) is 4.90 Å². The van der Waals surface area contributed by atoms with Crippen molar-refractivity contribution in [2.45, 2.75) is 24.3 Å². The summed E-state index contributed by atoms with van der Waals surface area (Å²) in [7, 11) is 1.89. The molecule has 0 saturated heterocycles. The van der Waals surface area contributed by atoms with E-state index in [-0.39, 0.29) is 5.91 Å². The molecule has 1 aromatic carbocycles. The molecule has 0 aliphatic heterocycles. The third-order valence-corrected chi connectivity index (χ3v) is 3.22. The van der Waals surface area contributed by atoms with Crippen LogP contribution < -0.4 is 10.6 Å². The minimum Gasteiger partial charge on any atom is -0.352 e. The van der Waals surface area contributed by atoms with E-state index >= 15 is 0 Å². The highest BCUT2D eigenvalue weighted by Gasteiger charge is 2.00. The Morgan fingerprint density at radius 3 is 2.59 bits per heavy atom. The maximum absolute atomic E-state index is 11.5. The molecule has 3 nitrogen and oxygen atoms in total. The van der Waals surface area contributed by atoms with Gasteiger partial charge >= 0.3 is 0 Å². The molecular weight excluding hydrogens is 232 g/mol. The number of amides is 1. The van der Waals surface area contributed by atoms with Gasteiger partial charge in [-0.3, -0.25) is 4.79 Å². The van der Waals surface area contributed by atoms with Crippen LogP contribution in [0.15, 0.2) is 29.2 Å². The van der Waals surface area contributed by atoms with E-state index in [0.29, 0.717) is 13.0 Å². The zero-order valence-corrected chi connectivity index (χ0v) is 11.3. The number of rotatable bonds is 7. The predicted molar refractivity (Wildman–Crippen MR) is 73.2 cm³/mol. The Labute approximate surface area is 107 Å². The molecule has 4 heteroatoms. The van der Waals surface area contributed by atoms with Gasteiger partial charge < -0.3 is 10.6 Å². The minimum absolute atomic E-state index is 0.120. The fourth-order valence-electron chi connectivity index (χ4n) is 1.46. The van der Waals surface area contributed by atoms with Gasteiger partial charge in [-0.15, -0.1) is 11.8 Å². The number of benzene rings is 1. The van der Waals surface area contributed by atoms with Crippen molar-refractivity contribution in [3.63, 3.8) is 0 Å². The van der Waals surface area contributed by atoms with Crippen LogP contribution in [0.1, 0.15) is 18.4 Å². The first-order valence-electron chi connectivity index (χ1n) is 5.80. The summed E-state index contributed by atoms with van der Waals surface area (Å²) in [5.74, 6) is 0.120. The lowest BCUT2D eigenvalue weighted by atomic mass is 10.2. The molecule has 17 heavy (non-hydrogen) atoms. The quantitative estimate of drug-likeness (QED) is 0.576. The van der Waals surface area contributed by atoms with Crippen molar-refractivity contribution in [2.75, 3.05) is 19.8 Å². The van der Waals surface area contributed by atoms with E-state index in [1.807, 2.05) is 7.05 Å². The summed E-state index contributed by atoms with van der Waals surface area (Å²) in [5.41, 5.74) is 1.14. The van der Waals surface area contributed by atoms with Crippen molar-refractivity contribution in [1.29, 1.82) is 0 Å². The smallest absolute Gasteiger partial charge is 0.220 e. The SMILES string of the molecule is CNCCCC(=O)NCc1ccc(SC)cc1. The number of hydrogen-bond donors (Lipinski definition) is 2. The number of thioether (sulfide) groups is 1. The Morgan fingerprint density at radius 1 is 1.29 bits per heavy atom. The van der Waals surface area contributed by atoms with Crippen molar-refractivity contribution in [3.05, 3.63) is 29.8 Å². The van der Waals surface area contributed by atoms with Gasteiger partial charge in [-0.1, -0.05) is 12.1 Å². The zero-order valence-electron chi connectivity index (χ0n) is 10.5. The third-order valence-electron chi connectivity index (χ3n) is 2.48. The first-order valence-corrected chi connectivity index (χ1v) is 7.03. The van der Waals surface area contributed by atoms with E-state index < -0.39 is 0 Å². The van der Waals surface area contributed by atoms with E-state index in [2.05, 4.69) is 41.2 Å². The Kier molecular flexibility index (Phi) is 6.74. The van der Waals surface area contributed by atoms with Crippen LogP contribution in [0.25, 0.3) is 0 Å². The molecule has 0 spiro atoms. The Balaban J connectivity index is 2.27. The number of hydrogen-bond acceptors (Lipinski definition) is 3. The minimum atomic E-state index is 0.120. The Bertz CT molecular complexity index is 338. The molecule has 1 rings (SSSR count). The van der Waals surface area contributed by atoms with Crippen LogP contribution in [0.4, 0.5) is 0 Å². The highest BCUT2D eigenvalue weighted by molar-refractivity contribution is 7.98. The summed E-state index contributed by atoms with van der Waals surface area (Å²) < 4.78 is 0. The molecule has 1 aromatic rings. The molecule has 1 amide bonds. The molecule has 94 valence electrons. The van der Waals surface area contributed by atoms with Crippen LogP contribution >= 0.6 is 11.8 Å². The first-order chi connectivity index (χ1) is 8.26. The summed E-state index contributed by atoms with van der Waals surface area (Å²) in [6.45, 7) is 1.50. The van der Waals surface area contributed by atoms with Gasteiger partial charge in [0.25, 0.3) is 0 Å². The first kappa shape index (κ1) is 14.1. The predicted octanol–water partition coefficient (Wildman–Crippen LogP) is 2.02. The van der Waals surface area contributed by atoms with Gasteiger partial charge in [0.15, 0.2) is 0 Å². The molecule has 0 radical (unpaired) electrons. The van der Waals surface area contributed by atoms with E-state index in [9.17, 15) is 4.79 Å². The van der Waals surface area contributed by atoms with Gasteiger partial charge in [-0.25, -0.2) is 0 Å². The molecule has 0 atom stereocenters. The Morgan fingerprint density at radius 2 is 2.00 bits per heavy atom. The van der Waals surface area contributed by atoms with Crippen LogP contribution in [0, 0.1) is 0 Å². The van der Waals surface area contributed by atoms with Gasteiger partial charge in [-0.2, -0.15) is 0 Å². The van der Waals surface area contributed by atoms with Gasteiger partial charge in [-0.05, 0) is 44.0 Å². The largest absolute Gasteiger partial charge is 0.352 e. The fourth-order valence-corrected chi connectivity index (χ4v) is 1.87. The molecular formula is C13H20N2OS. The van der Waals surface area contributed by atoms with Crippen molar-refractivity contribution in [1.82, 2.24) is 10.6 Å². The summed E-state index contributed by atoms with van der Waals surface area (Å²) in [5, 5.41) is 5.95. The fraction of sp³-hybridized carbons (Fsp3) is 0.462. The highest BCUT2D eigenvalue weighted by atomic mass is 32.2. The van der Waals surface area contributed by atoms with Crippen LogP contribution in [0.3, 0.4) is 0 Å². The molecule has 0 fully saturated rings. The summed E-state index contributed by atoms with van der Waals surface area (Å²) in [4.78, 5) is 12.7. The van der Waals surface area contributed by atoms with Gasteiger partial charge in [0.2, 0.25) is 5.91 Å². The van der Waals surface area contributed by atoms with Crippen molar-refractivity contribution >= 4 is 17.7 Å². The van der Waals surface area contributed by atoms with E-state index in [4.69, 9.17) is 0 Å². The summed E-state index contributed by atoms with van der Waals surface area (Å²) in [6, 6.07) is 8.26. The summed E-state index contributed by atoms with van der Waals surface area (Å²) in [6.07, 6.45) is 3.52. The van der Waals surface area contributed by atoms with Crippen molar-refractivity contribution in [3.8, 4) is 0 Å². The average molecular weight is 252 g/mol. The lowest BCUT2D eigenvalue weighted by Gasteiger charge is -2.06. The average Bonchev–Trinajstić information content (AvgIpc) is 2.37. The molecule has 0 aliphatic rings. The molecule has 0 unspecified atom stereocenters. The summed E-state index contributed by atoms with van der Waals surface area (Å²) >= 11 is 1.72. The van der Waals surface area contributed by atoms with Crippen LogP contribution in [0.2, 0.25) is 0 Å². The third kappa shape index (κ3) is 5.75.